The minimum absolute atomic E-state index is 0.0319. The monoisotopic (exact) mass is 363 g/mol. The fourth-order valence-corrected chi connectivity index (χ4v) is 3.92. The van der Waals surface area contributed by atoms with Crippen molar-refractivity contribution < 1.29 is 4.79 Å². The molecule has 0 bridgehead atoms. The molecule has 0 radical (unpaired) electrons. The summed E-state index contributed by atoms with van der Waals surface area (Å²) < 4.78 is 4.05. The molecule has 3 heterocycles. The van der Waals surface area contributed by atoms with Gasteiger partial charge >= 0.3 is 0 Å². The molecular formula is C21H25N5O. The first-order valence-electron chi connectivity index (χ1n) is 9.52. The van der Waals surface area contributed by atoms with Crippen molar-refractivity contribution in [3.63, 3.8) is 0 Å². The number of likely N-dealkylation sites (tertiary alicyclic amines) is 1. The van der Waals surface area contributed by atoms with Crippen LogP contribution < -0.4 is 0 Å². The van der Waals surface area contributed by atoms with Gasteiger partial charge in [0.2, 0.25) is 5.91 Å². The third-order valence-electron chi connectivity index (χ3n) is 5.51. The topological polar surface area (TPSA) is 56.0 Å². The number of imidazole rings is 1. The number of benzene rings is 1. The number of carbonyl (C=O) groups excluding carboxylic acids is 1. The van der Waals surface area contributed by atoms with E-state index in [1.54, 1.807) is 12.3 Å². The number of nitrogens with zero attached hydrogens (tertiary/aromatic N) is 5. The van der Waals surface area contributed by atoms with Crippen molar-refractivity contribution in [1.82, 2.24) is 24.2 Å². The minimum Gasteiger partial charge on any atom is -0.329 e. The van der Waals surface area contributed by atoms with Gasteiger partial charge in [0.25, 0.3) is 0 Å². The number of aromatic nitrogens is 4. The van der Waals surface area contributed by atoms with Gasteiger partial charge in [-0.3, -0.25) is 9.48 Å². The molecule has 27 heavy (non-hydrogen) atoms. The van der Waals surface area contributed by atoms with Gasteiger partial charge in [0.05, 0.1) is 23.3 Å². The van der Waals surface area contributed by atoms with Crippen molar-refractivity contribution in [3.05, 3.63) is 53.6 Å². The van der Waals surface area contributed by atoms with Gasteiger partial charge in [-0.1, -0.05) is 12.1 Å². The van der Waals surface area contributed by atoms with Gasteiger partial charge in [-0.2, -0.15) is 5.10 Å². The second kappa shape index (κ2) is 7.02. The third kappa shape index (κ3) is 3.05. The van der Waals surface area contributed by atoms with Crippen LogP contribution in [0.25, 0.3) is 17.1 Å². The smallest absolute Gasteiger partial charge is 0.247 e. The number of aryl methyl sites for hydroxylation is 2. The second-order valence-corrected chi connectivity index (χ2v) is 7.03. The van der Waals surface area contributed by atoms with E-state index in [1.165, 1.54) is 0 Å². The summed E-state index contributed by atoms with van der Waals surface area (Å²) in [5, 5.41) is 4.23. The number of hydrogen-bond acceptors (Lipinski definition) is 3. The number of hydrogen-bond donors (Lipinski definition) is 0. The third-order valence-corrected chi connectivity index (χ3v) is 5.51. The van der Waals surface area contributed by atoms with Crippen LogP contribution in [0.1, 0.15) is 42.9 Å². The largest absolute Gasteiger partial charge is 0.329 e. The molecule has 6 heteroatoms. The highest BCUT2D eigenvalue weighted by molar-refractivity contribution is 5.92. The maximum Gasteiger partial charge on any atom is 0.247 e. The average Bonchev–Trinajstić information content (AvgIpc) is 3.37. The van der Waals surface area contributed by atoms with E-state index < -0.39 is 0 Å². The van der Waals surface area contributed by atoms with E-state index in [-0.39, 0.29) is 11.9 Å². The van der Waals surface area contributed by atoms with E-state index in [1.807, 2.05) is 47.8 Å². The van der Waals surface area contributed by atoms with E-state index >= 15 is 0 Å². The quantitative estimate of drug-likeness (QED) is 0.667. The predicted molar refractivity (Wildman–Crippen MR) is 106 cm³/mol. The fourth-order valence-electron chi connectivity index (χ4n) is 3.92. The Bertz CT molecular complexity index is 1010. The molecule has 0 saturated carbocycles. The molecule has 4 rings (SSSR count). The molecule has 3 aromatic rings. The fraction of sp³-hybridized carbons (Fsp3) is 0.381. The Hall–Kier alpha value is -2.89. The van der Waals surface area contributed by atoms with Gasteiger partial charge in [0, 0.05) is 37.5 Å². The van der Waals surface area contributed by atoms with E-state index in [0.29, 0.717) is 0 Å². The van der Waals surface area contributed by atoms with Crippen LogP contribution >= 0.6 is 0 Å². The Morgan fingerprint density at radius 3 is 2.89 bits per heavy atom. The Kier molecular flexibility index (Phi) is 4.56. The molecule has 0 N–H and O–H groups in total. The lowest BCUT2D eigenvalue weighted by molar-refractivity contribution is -0.127. The van der Waals surface area contributed by atoms with Gasteiger partial charge in [0.15, 0.2) is 0 Å². The van der Waals surface area contributed by atoms with Crippen LogP contribution in [0.15, 0.2) is 36.5 Å². The zero-order chi connectivity index (χ0) is 19.0. The summed E-state index contributed by atoms with van der Waals surface area (Å²) in [5.41, 5.74) is 4.15. The van der Waals surface area contributed by atoms with Gasteiger partial charge in [-0.15, -0.1) is 0 Å². The van der Waals surface area contributed by atoms with Crippen molar-refractivity contribution in [2.75, 3.05) is 6.54 Å². The number of carbonyl (C=O) groups is 1. The highest BCUT2D eigenvalue weighted by atomic mass is 16.2. The lowest BCUT2D eigenvalue weighted by atomic mass is 10.2. The molecule has 1 aromatic carbocycles. The molecule has 0 aliphatic carbocycles. The summed E-state index contributed by atoms with van der Waals surface area (Å²) in [5.74, 6) is 1.03. The lowest BCUT2D eigenvalue weighted by Crippen LogP contribution is -2.30. The van der Waals surface area contributed by atoms with Crippen molar-refractivity contribution in [2.45, 2.75) is 39.3 Å². The number of amides is 1. The van der Waals surface area contributed by atoms with Crippen LogP contribution in [0.5, 0.6) is 0 Å². The molecule has 2 aromatic heterocycles. The van der Waals surface area contributed by atoms with E-state index in [9.17, 15) is 4.79 Å². The van der Waals surface area contributed by atoms with Gasteiger partial charge in [-0.25, -0.2) is 4.98 Å². The second-order valence-electron chi connectivity index (χ2n) is 7.03. The summed E-state index contributed by atoms with van der Waals surface area (Å²) in [6, 6.07) is 8.22. The summed E-state index contributed by atoms with van der Waals surface area (Å²) >= 11 is 0. The Morgan fingerprint density at radius 2 is 2.15 bits per heavy atom. The highest BCUT2D eigenvalue weighted by Crippen LogP contribution is 2.33. The summed E-state index contributed by atoms with van der Waals surface area (Å²) in [7, 11) is 1.90. The molecule has 6 nitrogen and oxygen atoms in total. The first-order chi connectivity index (χ1) is 13.1. The predicted octanol–water partition coefficient (Wildman–Crippen LogP) is 3.48. The van der Waals surface area contributed by atoms with E-state index in [2.05, 4.69) is 22.7 Å². The highest BCUT2D eigenvalue weighted by Gasteiger charge is 2.32. The SMILES string of the molecule is CCn1c(C2CCCN2C(=O)/C=C/c2cnn(C)c2C)nc2ccccc21. The van der Waals surface area contributed by atoms with Crippen LogP contribution in [-0.4, -0.2) is 36.7 Å². The van der Waals surface area contributed by atoms with Crippen LogP contribution in [0, 0.1) is 6.92 Å². The maximum atomic E-state index is 12.9. The Labute approximate surface area is 159 Å². The zero-order valence-corrected chi connectivity index (χ0v) is 16.1. The Balaban J connectivity index is 1.63. The molecule has 1 atom stereocenters. The minimum atomic E-state index is 0.0319. The number of para-hydroxylation sites is 2. The molecule has 0 spiro atoms. The first-order valence-corrected chi connectivity index (χ1v) is 9.52. The normalized spacial score (nSPS) is 17.4. The molecule has 1 aliphatic rings. The molecule has 1 unspecified atom stereocenters. The van der Waals surface area contributed by atoms with Crippen molar-refractivity contribution in [3.8, 4) is 0 Å². The van der Waals surface area contributed by atoms with E-state index in [4.69, 9.17) is 4.98 Å². The summed E-state index contributed by atoms with van der Waals surface area (Å²) in [6.07, 6.45) is 7.28. The Morgan fingerprint density at radius 1 is 1.33 bits per heavy atom. The van der Waals surface area contributed by atoms with Crippen molar-refractivity contribution >= 4 is 23.0 Å². The number of fused-ring (bicyclic) bond motifs is 1. The molecule has 1 amide bonds. The zero-order valence-electron chi connectivity index (χ0n) is 16.1. The average molecular weight is 363 g/mol. The molecule has 1 aliphatic heterocycles. The van der Waals surface area contributed by atoms with Gasteiger partial charge in [-0.05, 0) is 44.9 Å². The molecule has 1 fully saturated rings. The lowest BCUT2D eigenvalue weighted by Gasteiger charge is -2.23. The van der Waals surface area contributed by atoms with Crippen LogP contribution in [0.2, 0.25) is 0 Å². The van der Waals surface area contributed by atoms with Crippen LogP contribution in [0.4, 0.5) is 0 Å². The summed E-state index contributed by atoms with van der Waals surface area (Å²) in [6.45, 7) is 5.75. The standard InChI is InChI=1S/C21H25N5O/c1-4-25-18-9-6-5-8-17(18)23-21(25)19-10-7-13-26(19)20(27)12-11-16-14-22-24(3)15(16)2/h5-6,8-9,11-12,14,19H,4,7,10,13H2,1-3H3/b12-11+. The van der Waals surface area contributed by atoms with Gasteiger partial charge in [0.1, 0.15) is 5.82 Å². The molecular weight excluding hydrogens is 338 g/mol. The molecule has 140 valence electrons. The van der Waals surface area contributed by atoms with Crippen molar-refractivity contribution in [2.24, 2.45) is 7.05 Å². The molecule has 1 saturated heterocycles. The van der Waals surface area contributed by atoms with Gasteiger partial charge < -0.3 is 9.47 Å². The van der Waals surface area contributed by atoms with Crippen molar-refractivity contribution in [1.29, 1.82) is 0 Å². The van der Waals surface area contributed by atoms with Crippen LogP contribution in [-0.2, 0) is 18.4 Å². The first kappa shape index (κ1) is 17.5. The number of rotatable bonds is 4. The van der Waals surface area contributed by atoms with E-state index in [0.717, 1.165) is 54.0 Å². The maximum absolute atomic E-state index is 12.9. The summed E-state index contributed by atoms with van der Waals surface area (Å²) in [4.78, 5) is 19.7. The van der Waals surface area contributed by atoms with Crippen LogP contribution in [0.3, 0.4) is 0 Å².